The minimum Gasteiger partial charge on any atom is -0.232 e. The molecule has 0 N–H and O–H groups in total. The molecule has 0 fully saturated rings. The van der Waals surface area contributed by atoms with Gasteiger partial charge in [-0.15, -0.1) is 0 Å². The van der Waals surface area contributed by atoms with Crippen molar-refractivity contribution in [3.63, 3.8) is 0 Å². The average Bonchev–Trinajstić information content (AvgIpc) is 2.36. The van der Waals surface area contributed by atoms with Crippen LogP contribution < -0.4 is 0 Å². The van der Waals surface area contributed by atoms with Gasteiger partial charge in [-0.3, -0.25) is 0 Å². The molecular weight excluding hydrogens is 282 g/mol. The van der Waals surface area contributed by atoms with E-state index in [1.165, 1.54) is 12.1 Å². The standard InChI is InChI=1S/C14H8F6/c15-11-5-10(6-12(16)7-11)8-1-3-9(4-2-8)13(17)14(18,19)20/h1-7,13H. The lowest BCUT2D eigenvalue weighted by Gasteiger charge is -2.13. The van der Waals surface area contributed by atoms with Gasteiger partial charge in [-0.2, -0.15) is 13.2 Å². The first-order valence-corrected chi connectivity index (χ1v) is 5.54. The maximum atomic E-state index is 13.1. The van der Waals surface area contributed by atoms with Crippen molar-refractivity contribution in [3.05, 3.63) is 59.7 Å². The number of benzene rings is 2. The third-order valence-corrected chi connectivity index (χ3v) is 2.69. The first-order chi connectivity index (χ1) is 9.27. The summed E-state index contributed by atoms with van der Waals surface area (Å²) >= 11 is 0. The van der Waals surface area contributed by atoms with Crippen molar-refractivity contribution in [1.29, 1.82) is 0 Å². The van der Waals surface area contributed by atoms with Crippen LogP contribution in [0, 0.1) is 11.6 Å². The summed E-state index contributed by atoms with van der Waals surface area (Å²) in [5.74, 6) is -1.61. The minimum atomic E-state index is -4.98. The molecule has 2 aromatic carbocycles. The van der Waals surface area contributed by atoms with Crippen molar-refractivity contribution in [2.24, 2.45) is 0 Å². The average molecular weight is 290 g/mol. The van der Waals surface area contributed by atoms with Crippen LogP contribution in [0.3, 0.4) is 0 Å². The van der Waals surface area contributed by atoms with Crippen molar-refractivity contribution < 1.29 is 26.3 Å². The minimum absolute atomic E-state index is 0.163. The summed E-state index contributed by atoms with van der Waals surface area (Å²) in [5, 5.41) is 0. The number of alkyl halides is 4. The van der Waals surface area contributed by atoms with Crippen molar-refractivity contribution >= 4 is 0 Å². The lowest BCUT2D eigenvalue weighted by molar-refractivity contribution is -0.182. The van der Waals surface area contributed by atoms with Crippen LogP contribution in [0.25, 0.3) is 11.1 Å². The van der Waals surface area contributed by atoms with E-state index in [-0.39, 0.29) is 5.56 Å². The van der Waals surface area contributed by atoms with E-state index in [9.17, 15) is 26.3 Å². The van der Waals surface area contributed by atoms with E-state index < -0.39 is 29.5 Å². The van der Waals surface area contributed by atoms with Gasteiger partial charge in [0.1, 0.15) is 11.6 Å². The molecule has 20 heavy (non-hydrogen) atoms. The molecule has 0 saturated carbocycles. The summed E-state index contributed by atoms with van der Waals surface area (Å²) in [6, 6.07) is 7.00. The zero-order valence-corrected chi connectivity index (χ0v) is 9.89. The smallest absolute Gasteiger partial charge is 0.232 e. The van der Waals surface area contributed by atoms with E-state index in [0.29, 0.717) is 11.6 Å². The second-order valence-electron chi connectivity index (χ2n) is 4.18. The summed E-state index contributed by atoms with van der Waals surface area (Å²) in [7, 11) is 0. The molecule has 6 heteroatoms. The van der Waals surface area contributed by atoms with Gasteiger partial charge in [0.25, 0.3) is 0 Å². The van der Waals surface area contributed by atoms with Crippen LogP contribution in [-0.4, -0.2) is 6.18 Å². The highest BCUT2D eigenvalue weighted by molar-refractivity contribution is 5.63. The van der Waals surface area contributed by atoms with Crippen LogP contribution in [0.2, 0.25) is 0 Å². The largest absolute Gasteiger partial charge is 0.423 e. The summed E-state index contributed by atoms with van der Waals surface area (Å²) in [5.41, 5.74) is -0.101. The Morgan fingerprint density at radius 3 is 1.70 bits per heavy atom. The van der Waals surface area contributed by atoms with Gasteiger partial charge in [0.05, 0.1) is 0 Å². The SMILES string of the molecule is Fc1cc(F)cc(-c2ccc(C(F)C(F)(F)F)cc2)c1. The van der Waals surface area contributed by atoms with Crippen LogP contribution >= 0.6 is 0 Å². The number of hydrogen-bond donors (Lipinski definition) is 0. The van der Waals surface area contributed by atoms with Gasteiger partial charge >= 0.3 is 6.18 Å². The molecule has 0 spiro atoms. The molecule has 1 unspecified atom stereocenters. The summed E-state index contributed by atoms with van der Waals surface area (Å²) in [6.45, 7) is 0. The Hall–Kier alpha value is -1.98. The van der Waals surface area contributed by atoms with Crippen molar-refractivity contribution in [3.8, 4) is 11.1 Å². The zero-order valence-electron chi connectivity index (χ0n) is 9.89. The Morgan fingerprint density at radius 2 is 1.25 bits per heavy atom. The second kappa shape index (κ2) is 5.19. The van der Waals surface area contributed by atoms with Gasteiger partial charge in [-0.1, -0.05) is 24.3 Å². The number of rotatable bonds is 2. The number of halogens is 6. The highest BCUT2D eigenvalue weighted by Crippen LogP contribution is 2.36. The van der Waals surface area contributed by atoms with Gasteiger partial charge in [-0.25, -0.2) is 13.2 Å². The van der Waals surface area contributed by atoms with Gasteiger partial charge in [0.2, 0.25) is 6.17 Å². The van der Waals surface area contributed by atoms with E-state index in [1.54, 1.807) is 0 Å². The second-order valence-corrected chi connectivity index (χ2v) is 4.18. The molecule has 2 rings (SSSR count). The molecule has 0 heterocycles. The fourth-order valence-electron chi connectivity index (χ4n) is 1.75. The third kappa shape index (κ3) is 3.12. The zero-order chi connectivity index (χ0) is 14.9. The van der Waals surface area contributed by atoms with Crippen molar-refractivity contribution in [2.75, 3.05) is 0 Å². The lowest BCUT2D eigenvalue weighted by atomic mass is 10.0. The number of hydrogen-bond acceptors (Lipinski definition) is 0. The van der Waals surface area contributed by atoms with Crippen LogP contribution in [0.5, 0.6) is 0 Å². The Kier molecular flexibility index (Phi) is 3.74. The Morgan fingerprint density at radius 1 is 0.750 bits per heavy atom. The predicted molar refractivity (Wildman–Crippen MR) is 61.7 cm³/mol. The summed E-state index contributed by atoms with van der Waals surface area (Å²) in [6.07, 6.45) is -8.06. The molecule has 106 valence electrons. The summed E-state index contributed by atoms with van der Waals surface area (Å²) < 4.78 is 75.7. The van der Waals surface area contributed by atoms with Crippen molar-refractivity contribution in [1.82, 2.24) is 0 Å². The fourth-order valence-corrected chi connectivity index (χ4v) is 1.75. The molecule has 0 aliphatic carbocycles. The maximum Gasteiger partial charge on any atom is 0.423 e. The summed E-state index contributed by atoms with van der Waals surface area (Å²) in [4.78, 5) is 0. The van der Waals surface area contributed by atoms with Crippen LogP contribution in [0.4, 0.5) is 26.3 Å². The highest BCUT2D eigenvalue weighted by atomic mass is 19.4. The Labute approximate surface area is 110 Å². The molecule has 0 radical (unpaired) electrons. The maximum absolute atomic E-state index is 13.1. The molecule has 0 aliphatic rings. The molecule has 0 amide bonds. The van der Waals surface area contributed by atoms with Crippen LogP contribution in [0.15, 0.2) is 42.5 Å². The highest BCUT2D eigenvalue weighted by Gasteiger charge is 2.41. The molecule has 0 saturated heterocycles. The first-order valence-electron chi connectivity index (χ1n) is 5.54. The lowest BCUT2D eigenvalue weighted by Crippen LogP contribution is -2.16. The van der Waals surface area contributed by atoms with Crippen LogP contribution in [-0.2, 0) is 0 Å². The normalized spacial score (nSPS) is 13.3. The first kappa shape index (κ1) is 14.4. The predicted octanol–water partition coefficient (Wildman–Crippen LogP) is 5.20. The molecule has 1 atom stereocenters. The Balaban J connectivity index is 2.33. The molecular formula is C14H8F6. The van der Waals surface area contributed by atoms with E-state index >= 15 is 0 Å². The third-order valence-electron chi connectivity index (χ3n) is 2.69. The van der Waals surface area contributed by atoms with Gasteiger partial charge in [0.15, 0.2) is 0 Å². The van der Waals surface area contributed by atoms with E-state index in [0.717, 1.165) is 24.3 Å². The quantitative estimate of drug-likeness (QED) is 0.666. The molecule has 2 aromatic rings. The monoisotopic (exact) mass is 290 g/mol. The van der Waals surface area contributed by atoms with Gasteiger partial charge < -0.3 is 0 Å². The fraction of sp³-hybridized carbons (Fsp3) is 0.143. The van der Waals surface area contributed by atoms with Crippen LogP contribution in [0.1, 0.15) is 11.7 Å². The molecule has 0 aliphatic heterocycles. The molecule has 0 nitrogen and oxygen atoms in total. The van der Waals surface area contributed by atoms with E-state index in [2.05, 4.69) is 0 Å². The topological polar surface area (TPSA) is 0 Å². The van der Waals surface area contributed by atoms with E-state index in [4.69, 9.17) is 0 Å². The van der Waals surface area contributed by atoms with Gasteiger partial charge in [0, 0.05) is 6.07 Å². The van der Waals surface area contributed by atoms with E-state index in [1.807, 2.05) is 0 Å². The molecule has 0 aromatic heterocycles. The Bertz CT molecular complexity index is 580. The molecule has 0 bridgehead atoms. The van der Waals surface area contributed by atoms with Gasteiger partial charge in [-0.05, 0) is 28.8 Å². The van der Waals surface area contributed by atoms with Crippen molar-refractivity contribution in [2.45, 2.75) is 12.3 Å².